The zero-order valence-electron chi connectivity index (χ0n) is 15.9. The average molecular weight is 451 g/mol. The molecule has 0 fully saturated rings. The van der Waals surface area contributed by atoms with Gasteiger partial charge in [0.1, 0.15) is 12.1 Å². The molecule has 0 aromatic heterocycles. The largest absolute Gasteiger partial charge is 0.481 e. The number of carboxylic acid groups (broad SMARTS) is 2. The topological polar surface area (TPSA) is 251 Å². The summed E-state index contributed by atoms with van der Waals surface area (Å²) in [4.78, 5) is 69.5. The third kappa shape index (κ3) is 9.53. The van der Waals surface area contributed by atoms with E-state index in [1.54, 1.807) is 0 Å². The van der Waals surface area contributed by atoms with Crippen LogP contribution in [0.1, 0.15) is 19.8 Å². The summed E-state index contributed by atoms with van der Waals surface area (Å²) in [6.07, 6.45) is -2.88. The molecule has 0 aromatic rings. The van der Waals surface area contributed by atoms with Crippen molar-refractivity contribution in [1.82, 2.24) is 16.0 Å². The summed E-state index contributed by atoms with van der Waals surface area (Å²) in [6.45, 7) is 1.13. The minimum absolute atomic E-state index is 0.306. The van der Waals surface area contributed by atoms with Crippen LogP contribution in [0.5, 0.6) is 0 Å². The molecule has 0 heterocycles. The summed E-state index contributed by atoms with van der Waals surface area (Å²) in [5.41, 5.74) is 10.4. The Hall–Kier alpha value is -2.91. The molecule has 15 heteroatoms. The molecular weight excluding hydrogens is 426 g/mol. The number of aliphatic hydroxyl groups is 1. The number of thiol groups is 1. The Kier molecular flexibility index (Phi) is 11.4. The van der Waals surface area contributed by atoms with Gasteiger partial charge in [-0.2, -0.15) is 12.6 Å². The number of hydrogen-bond donors (Lipinski definition) is 9. The van der Waals surface area contributed by atoms with Gasteiger partial charge in [0.25, 0.3) is 0 Å². The van der Waals surface area contributed by atoms with Gasteiger partial charge in [-0.3, -0.25) is 24.0 Å². The van der Waals surface area contributed by atoms with E-state index in [1.165, 1.54) is 0 Å². The molecule has 0 saturated heterocycles. The fourth-order valence-corrected chi connectivity index (χ4v) is 2.34. The number of hydrogen-bond acceptors (Lipinski definition) is 9. The van der Waals surface area contributed by atoms with Gasteiger partial charge in [-0.25, -0.2) is 4.79 Å². The number of carboxylic acids is 2. The number of rotatable bonds is 13. The van der Waals surface area contributed by atoms with E-state index in [9.17, 15) is 33.9 Å². The van der Waals surface area contributed by atoms with E-state index in [0.29, 0.717) is 0 Å². The van der Waals surface area contributed by atoms with E-state index in [-0.39, 0.29) is 5.75 Å². The molecule has 5 atom stereocenters. The van der Waals surface area contributed by atoms with Crippen LogP contribution in [0.2, 0.25) is 0 Å². The predicted octanol–water partition coefficient (Wildman–Crippen LogP) is -4.49. The van der Waals surface area contributed by atoms with Crippen LogP contribution in [-0.2, 0) is 28.8 Å². The average Bonchev–Trinajstić information content (AvgIpc) is 2.61. The second-order valence-corrected chi connectivity index (χ2v) is 6.61. The van der Waals surface area contributed by atoms with Crippen LogP contribution in [0.15, 0.2) is 0 Å². The Morgan fingerprint density at radius 2 is 1.40 bits per heavy atom. The first-order valence-corrected chi connectivity index (χ1v) is 9.11. The summed E-state index contributed by atoms with van der Waals surface area (Å²) in [6, 6.07) is -6.16. The Morgan fingerprint density at radius 1 is 0.900 bits per heavy atom. The van der Waals surface area contributed by atoms with E-state index < -0.39 is 78.7 Å². The highest BCUT2D eigenvalue weighted by atomic mass is 32.1. The molecule has 0 spiro atoms. The molecular formula is C15H25N5O9S. The fourth-order valence-electron chi connectivity index (χ4n) is 2.08. The van der Waals surface area contributed by atoms with Gasteiger partial charge in [0.05, 0.1) is 25.0 Å². The molecule has 0 aliphatic carbocycles. The van der Waals surface area contributed by atoms with Crippen molar-refractivity contribution in [3.05, 3.63) is 0 Å². The van der Waals surface area contributed by atoms with E-state index in [0.717, 1.165) is 6.92 Å². The zero-order valence-corrected chi connectivity index (χ0v) is 16.8. The number of aliphatic hydroxyl groups excluding tert-OH is 1. The number of nitrogens with one attached hydrogen (secondary N) is 3. The van der Waals surface area contributed by atoms with Crippen molar-refractivity contribution in [1.29, 1.82) is 0 Å². The van der Waals surface area contributed by atoms with Gasteiger partial charge >= 0.3 is 11.9 Å². The lowest BCUT2D eigenvalue weighted by Gasteiger charge is -2.24. The van der Waals surface area contributed by atoms with Crippen LogP contribution in [0.3, 0.4) is 0 Å². The smallest absolute Gasteiger partial charge is 0.328 e. The van der Waals surface area contributed by atoms with E-state index in [2.05, 4.69) is 23.3 Å². The van der Waals surface area contributed by atoms with Crippen LogP contribution < -0.4 is 27.4 Å². The molecule has 5 unspecified atom stereocenters. The lowest BCUT2D eigenvalue weighted by molar-refractivity contribution is -0.145. The molecule has 0 radical (unpaired) electrons. The summed E-state index contributed by atoms with van der Waals surface area (Å²) < 4.78 is 0. The first-order chi connectivity index (χ1) is 13.8. The number of nitrogens with two attached hydrogens (primary N) is 2. The summed E-state index contributed by atoms with van der Waals surface area (Å²) in [7, 11) is 0. The second kappa shape index (κ2) is 12.6. The van der Waals surface area contributed by atoms with Crippen LogP contribution in [0.25, 0.3) is 0 Å². The summed E-state index contributed by atoms with van der Waals surface area (Å²) >= 11 is 3.88. The lowest BCUT2D eigenvalue weighted by atomic mass is 10.1. The highest BCUT2D eigenvalue weighted by Crippen LogP contribution is 2.00. The lowest BCUT2D eigenvalue weighted by Crippen LogP contribution is -2.59. The van der Waals surface area contributed by atoms with Gasteiger partial charge in [-0.05, 0) is 6.92 Å². The van der Waals surface area contributed by atoms with E-state index in [4.69, 9.17) is 21.7 Å². The number of aliphatic carboxylic acids is 2. The minimum atomic E-state index is -1.66. The van der Waals surface area contributed by atoms with Gasteiger partial charge in [-0.1, -0.05) is 0 Å². The van der Waals surface area contributed by atoms with E-state index in [1.807, 2.05) is 5.32 Å². The molecule has 170 valence electrons. The zero-order chi connectivity index (χ0) is 23.6. The third-order valence-electron chi connectivity index (χ3n) is 3.63. The molecule has 0 aliphatic rings. The van der Waals surface area contributed by atoms with Crippen LogP contribution in [0, 0.1) is 0 Å². The van der Waals surface area contributed by atoms with Crippen molar-refractivity contribution < 1.29 is 44.1 Å². The number of carbonyl (C=O) groups is 6. The predicted molar refractivity (Wildman–Crippen MR) is 103 cm³/mol. The minimum Gasteiger partial charge on any atom is -0.481 e. The van der Waals surface area contributed by atoms with E-state index >= 15 is 0 Å². The summed E-state index contributed by atoms with van der Waals surface area (Å²) in [5.74, 6) is -7.29. The van der Waals surface area contributed by atoms with Crippen molar-refractivity contribution in [3.8, 4) is 0 Å². The fraction of sp³-hybridized carbons (Fsp3) is 0.600. The molecule has 10 N–H and O–H groups in total. The van der Waals surface area contributed by atoms with Crippen LogP contribution >= 0.6 is 12.6 Å². The van der Waals surface area contributed by atoms with Crippen molar-refractivity contribution in [2.24, 2.45) is 11.5 Å². The van der Waals surface area contributed by atoms with Gasteiger partial charge in [0.15, 0.2) is 6.04 Å². The standard InChI is InChI=1S/C15H25N5O9S/c1-5(21)11(15(28)29)20-14(27)8(4-30)19-13(26)7(3-9(17)22)18-12(25)6(16)2-10(23)24/h5-8,11,21,30H,2-4,16H2,1H3,(H2,17,22)(H,18,25)(H,19,26)(H,20,27)(H,23,24)(H,28,29). The van der Waals surface area contributed by atoms with Gasteiger partial charge in [-0.15, -0.1) is 0 Å². The molecule has 0 aromatic carbocycles. The normalized spacial score (nSPS) is 15.6. The Balaban J connectivity index is 5.27. The molecule has 14 nitrogen and oxygen atoms in total. The van der Waals surface area contributed by atoms with Crippen LogP contribution in [-0.4, -0.2) is 86.9 Å². The Morgan fingerprint density at radius 3 is 1.80 bits per heavy atom. The number of primary amides is 1. The van der Waals surface area contributed by atoms with Crippen LogP contribution in [0.4, 0.5) is 0 Å². The monoisotopic (exact) mass is 451 g/mol. The second-order valence-electron chi connectivity index (χ2n) is 6.24. The number of carbonyl (C=O) groups excluding carboxylic acids is 4. The SMILES string of the molecule is CC(O)C(NC(=O)C(CS)NC(=O)C(CC(N)=O)NC(=O)C(N)CC(=O)O)C(=O)O. The van der Waals surface area contributed by atoms with Crippen molar-refractivity contribution in [2.75, 3.05) is 5.75 Å². The van der Waals surface area contributed by atoms with Gasteiger partial charge in [0.2, 0.25) is 23.6 Å². The summed E-state index contributed by atoms with van der Waals surface area (Å²) in [5, 5.41) is 33.3. The molecule has 30 heavy (non-hydrogen) atoms. The quantitative estimate of drug-likeness (QED) is 0.121. The van der Waals surface area contributed by atoms with Gasteiger partial charge < -0.3 is 42.7 Å². The Labute approximate surface area is 176 Å². The highest BCUT2D eigenvalue weighted by Gasteiger charge is 2.32. The first-order valence-electron chi connectivity index (χ1n) is 8.48. The maximum Gasteiger partial charge on any atom is 0.328 e. The molecule has 0 saturated carbocycles. The number of amides is 4. The van der Waals surface area contributed by atoms with Crippen molar-refractivity contribution in [2.45, 2.75) is 50.0 Å². The highest BCUT2D eigenvalue weighted by molar-refractivity contribution is 7.80. The maximum absolute atomic E-state index is 12.4. The van der Waals surface area contributed by atoms with Crippen molar-refractivity contribution in [3.63, 3.8) is 0 Å². The van der Waals surface area contributed by atoms with Gasteiger partial charge in [0, 0.05) is 5.75 Å². The third-order valence-corrected chi connectivity index (χ3v) is 4.00. The maximum atomic E-state index is 12.4. The molecule has 4 amide bonds. The molecule has 0 aliphatic heterocycles. The van der Waals surface area contributed by atoms with Crippen molar-refractivity contribution >= 4 is 48.2 Å². The molecule has 0 rings (SSSR count). The molecule has 0 bridgehead atoms. The Bertz CT molecular complexity index is 687. The first kappa shape index (κ1) is 27.1.